The largest absolute Gasteiger partial charge is 0.328 e. The monoisotopic (exact) mass is 377 g/mol. The molecular formula is C22H27N5O. The van der Waals surface area contributed by atoms with Crippen LogP contribution in [0.4, 0.5) is 0 Å². The summed E-state index contributed by atoms with van der Waals surface area (Å²) in [6, 6.07) is -0.352. The van der Waals surface area contributed by atoms with E-state index in [0.29, 0.717) is 11.5 Å². The van der Waals surface area contributed by atoms with Crippen LogP contribution in [0, 0.1) is 5.41 Å². The third-order valence-corrected chi connectivity index (χ3v) is 4.95. The number of hydrogen-bond donors (Lipinski definition) is 2. The van der Waals surface area contributed by atoms with Gasteiger partial charge < -0.3 is 10.6 Å². The molecule has 146 valence electrons. The lowest BCUT2D eigenvalue weighted by molar-refractivity contribution is -0.117. The fourth-order valence-electron chi connectivity index (χ4n) is 3.45. The van der Waals surface area contributed by atoms with E-state index < -0.39 is 0 Å². The second kappa shape index (κ2) is 7.84. The highest BCUT2D eigenvalue weighted by atomic mass is 16.1. The van der Waals surface area contributed by atoms with Gasteiger partial charge in [-0.15, -0.1) is 0 Å². The predicted molar refractivity (Wildman–Crippen MR) is 114 cm³/mol. The molecule has 0 aromatic heterocycles. The lowest BCUT2D eigenvalue weighted by Crippen LogP contribution is -2.52. The minimum absolute atomic E-state index is 0.0521. The molecule has 0 aromatic carbocycles. The summed E-state index contributed by atoms with van der Waals surface area (Å²) in [5.74, 6) is 0.399. The van der Waals surface area contributed by atoms with Gasteiger partial charge in [-0.1, -0.05) is 50.3 Å². The van der Waals surface area contributed by atoms with Gasteiger partial charge in [-0.05, 0) is 31.1 Å². The summed E-state index contributed by atoms with van der Waals surface area (Å²) < 4.78 is 0. The van der Waals surface area contributed by atoms with Crippen molar-refractivity contribution in [3.05, 3.63) is 71.1 Å². The molecule has 3 aliphatic rings. The number of carbonyl (C=O) groups excluding carboxylic acids is 1. The summed E-state index contributed by atoms with van der Waals surface area (Å²) in [6.45, 7) is 9.81. The molecule has 2 aliphatic carbocycles. The normalized spacial score (nSPS) is 24.6. The molecule has 6 nitrogen and oxygen atoms in total. The van der Waals surface area contributed by atoms with Crippen LogP contribution in [-0.4, -0.2) is 36.7 Å². The molecule has 1 atom stereocenters. The molecule has 0 radical (unpaired) electrons. The van der Waals surface area contributed by atoms with Crippen molar-refractivity contribution in [1.82, 2.24) is 15.6 Å². The van der Waals surface area contributed by atoms with Crippen LogP contribution < -0.4 is 10.6 Å². The smallest absolute Gasteiger partial charge is 0.255 e. The number of nitrogens with one attached hydrogen (secondary N) is 2. The zero-order valence-electron chi connectivity index (χ0n) is 16.9. The number of carbonyl (C=O) groups is 1. The van der Waals surface area contributed by atoms with E-state index in [1.54, 1.807) is 12.1 Å². The van der Waals surface area contributed by atoms with Crippen molar-refractivity contribution in [3.63, 3.8) is 0 Å². The first kappa shape index (κ1) is 19.6. The van der Waals surface area contributed by atoms with Crippen molar-refractivity contribution in [1.29, 1.82) is 0 Å². The Morgan fingerprint density at radius 1 is 1.32 bits per heavy atom. The highest BCUT2D eigenvalue weighted by molar-refractivity contribution is 6.01. The van der Waals surface area contributed by atoms with Crippen LogP contribution in [0.15, 0.2) is 81.2 Å². The van der Waals surface area contributed by atoms with E-state index in [4.69, 9.17) is 0 Å². The number of aliphatic imine (C=N–C) groups is 1. The molecule has 0 saturated heterocycles. The van der Waals surface area contributed by atoms with Crippen LogP contribution in [0.5, 0.6) is 0 Å². The Labute approximate surface area is 166 Å². The van der Waals surface area contributed by atoms with E-state index >= 15 is 0 Å². The second-order valence-electron chi connectivity index (χ2n) is 7.56. The van der Waals surface area contributed by atoms with Crippen molar-refractivity contribution in [2.45, 2.75) is 33.2 Å². The van der Waals surface area contributed by atoms with E-state index in [1.165, 1.54) is 0 Å². The molecular weight excluding hydrogens is 350 g/mol. The number of hydrazone groups is 1. The van der Waals surface area contributed by atoms with Gasteiger partial charge in [0.1, 0.15) is 6.04 Å². The van der Waals surface area contributed by atoms with Crippen molar-refractivity contribution in [2.24, 2.45) is 15.5 Å². The molecule has 0 aromatic rings. The van der Waals surface area contributed by atoms with Gasteiger partial charge in [0.2, 0.25) is 5.96 Å². The number of nitrogens with zero attached hydrogens (tertiary/aromatic N) is 3. The number of guanidine groups is 1. The minimum Gasteiger partial charge on any atom is -0.328 e. The van der Waals surface area contributed by atoms with Gasteiger partial charge in [-0.2, -0.15) is 5.10 Å². The zero-order valence-corrected chi connectivity index (χ0v) is 16.9. The van der Waals surface area contributed by atoms with Crippen LogP contribution in [0.25, 0.3) is 0 Å². The van der Waals surface area contributed by atoms with E-state index in [9.17, 15) is 4.79 Å². The molecule has 28 heavy (non-hydrogen) atoms. The maximum Gasteiger partial charge on any atom is 0.255 e. The van der Waals surface area contributed by atoms with Gasteiger partial charge in [0.25, 0.3) is 5.91 Å². The van der Waals surface area contributed by atoms with Crippen LogP contribution in [0.1, 0.15) is 27.2 Å². The number of hydrogen-bond acceptors (Lipinski definition) is 3. The quantitative estimate of drug-likeness (QED) is 0.740. The SMILES string of the molecule is C=NN1C(=NC)NC(C)=C(C(=O)NC2=CC=CC(C)(C)C=C2)C1C1=CC=CC1. The Morgan fingerprint density at radius 3 is 2.75 bits per heavy atom. The maximum absolute atomic E-state index is 13.3. The number of amides is 1. The number of allylic oxidation sites excluding steroid dienone is 9. The Bertz CT molecular complexity index is 896. The highest BCUT2D eigenvalue weighted by Crippen LogP contribution is 2.30. The number of rotatable bonds is 4. The molecule has 0 fully saturated rings. The van der Waals surface area contributed by atoms with Gasteiger partial charge in [0.15, 0.2) is 0 Å². The fraction of sp³-hybridized carbons (Fsp3) is 0.318. The first-order chi connectivity index (χ1) is 13.4. The van der Waals surface area contributed by atoms with Gasteiger partial charge in [0, 0.05) is 30.6 Å². The van der Waals surface area contributed by atoms with E-state index in [1.807, 2.05) is 37.3 Å². The third kappa shape index (κ3) is 3.91. The Morgan fingerprint density at radius 2 is 2.11 bits per heavy atom. The lowest BCUT2D eigenvalue weighted by atomic mass is 9.93. The minimum atomic E-state index is -0.352. The first-order valence-corrected chi connectivity index (χ1v) is 9.32. The van der Waals surface area contributed by atoms with Gasteiger partial charge in [-0.3, -0.25) is 9.79 Å². The Balaban J connectivity index is 1.95. The molecule has 1 amide bonds. The van der Waals surface area contributed by atoms with Crippen molar-refractivity contribution >= 4 is 18.6 Å². The lowest BCUT2D eigenvalue weighted by Gasteiger charge is -2.37. The van der Waals surface area contributed by atoms with E-state index in [0.717, 1.165) is 23.4 Å². The Kier molecular flexibility index (Phi) is 5.49. The van der Waals surface area contributed by atoms with Gasteiger partial charge >= 0.3 is 0 Å². The average molecular weight is 377 g/mol. The first-order valence-electron chi connectivity index (χ1n) is 9.32. The molecule has 0 saturated carbocycles. The molecule has 2 N–H and O–H groups in total. The molecule has 1 unspecified atom stereocenters. The second-order valence-corrected chi connectivity index (χ2v) is 7.56. The summed E-state index contributed by atoms with van der Waals surface area (Å²) in [7, 11) is 1.69. The Hall–Kier alpha value is -3.15. The molecule has 3 rings (SSSR count). The fourth-order valence-corrected chi connectivity index (χ4v) is 3.45. The maximum atomic E-state index is 13.3. The summed E-state index contributed by atoms with van der Waals surface area (Å²) in [4.78, 5) is 17.6. The predicted octanol–water partition coefficient (Wildman–Crippen LogP) is 3.17. The van der Waals surface area contributed by atoms with Crippen molar-refractivity contribution < 1.29 is 4.79 Å². The van der Waals surface area contributed by atoms with Crippen LogP contribution >= 0.6 is 0 Å². The van der Waals surface area contributed by atoms with Crippen molar-refractivity contribution in [3.8, 4) is 0 Å². The van der Waals surface area contributed by atoms with Crippen LogP contribution in [0.3, 0.4) is 0 Å². The van der Waals surface area contributed by atoms with Gasteiger partial charge in [-0.25, -0.2) is 5.01 Å². The summed E-state index contributed by atoms with van der Waals surface area (Å²) in [5.41, 5.74) is 3.13. The molecule has 6 heteroatoms. The molecule has 0 spiro atoms. The zero-order chi connectivity index (χ0) is 20.3. The average Bonchev–Trinajstić information content (AvgIpc) is 3.13. The third-order valence-electron chi connectivity index (χ3n) is 4.95. The standard InChI is InChI=1S/C22H27N5O/c1-15-18(20(28)26-17-11-8-13-22(2,3)14-12-17)19(16-9-6-7-10-16)27(24-5)21(23-4)25-15/h6-9,11-14,19H,5,10H2,1-4H3,(H,23,25)(H,26,28). The van der Waals surface area contributed by atoms with E-state index in [2.05, 4.69) is 59.5 Å². The van der Waals surface area contributed by atoms with Crippen LogP contribution in [0.2, 0.25) is 0 Å². The summed E-state index contributed by atoms with van der Waals surface area (Å²) in [5, 5.41) is 12.0. The van der Waals surface area contributed by atoms with Crippen LogP contribution in [-0.2, 0) is 4.79 Å². The topological polar surface area (TPSA) is 69.1 Å². The highest BCUT2D eigenvalue weighted by Gasteiger charge is 2.37. The van der Waals surface area contributed by atoms with Crippen molar-refractivity contribution in [2.75, 3.05) is 7.05 Å². The van der Waals surface area contributed by atoms with E-state index in [-0.39, 0.29) is 17.4 Å². The summed E-state index contributed by atoms with van der Waals surface area (Å²) >= 11 is 0. The summed E-state index contributed by atoms with van der Waals surface area (Å²) in [6.07, 6.45) is 16.8. The van der Waals surface area contributed by atoms with Gasteiger partial charge in [0.05, 0.1) is 5.57 Å². The molecule has 1 aliphatic heterocycles. The molecule has 0 bridgehead atoms. The molecule has 1 heterocycles.